The third kappa shape index (κ3) is 4.13. The monoisotopic (exact) mass is 437 g/mol. The van der Waals surface area contributed by atoms with Crippen molar-refractivity contribution in [2.45, 2.75) is 6.92 Å². The molecule has 8 heteroatoms. The summed E-state index contributed by atoms with van der Waals surface area (Å²) in [6.45, 7) is 1.77. The predicted molar refractivity (Wildman–Crippen MR) is 113 cm³/mol. The third-order valence-corrected chi connectivity index (χ3v) is 4.89. The number of benzene rings is 3. The van der Waals surface area contributed by atoms with Gasteiger partial charge in [-0.15, -0.1) is 0 Å². The highest BCUT2D eigenvalue weighted by Crippen LogP contribution is 2.29. The van der Waals surface area contributed by atoms with Crippen molar-refractivity contribution in [1.29, 1.82) is 0 Å². The summed E-state index contributed by atoms with van der Waals surface area (Å²) >= 11 is 6.11. The second kappa shape index (κ2) is 8.20. The fraction of sp³-hybridized carbons (Fsp3) is 0.0435. The molecule has 4 rings (SSSR count). The Balaban J connectivity index is 1.70. The van der Waals surface area contributed by atoms with E-state index in [9.17, 15) is 14.0 Å². The van der Waals surface area contributed by atoms with Crippen molar-refractivity contribution in [3.63, 3.8) is 0 Å². The molecule has 31 heavy (non-hydrogen) atoms. The van der Waals surface area contributed by atoms with Gasteiger partial charge in [0, 0.05) is 17.3 Å². The van der Waals surface area contributed by atoms with Crippen LogP contribution in [-0.4, -0.2) is 21.7 Å². The lowest BCUT2D eigenvalue weighted by molar-refractivity contribution is 0.101. The number of carbonyl (C=O) groups is 2. The lowest BCUT2D eigenvalue weighted by Crippen LogP contribution is -2.15. The number of fused-ring (bicyclic) bond motifs is 1. The van der Waals surface area contributed by atoms with Crippen molar-refractivity contribution in [2.24, 2.45) is 0 Å². The van der Waals surface area contributed by atoms with E-state index in [2.05, 4.69) is 15.3 Å². The molecule has 0 saturated carbocycles. The summed E-state index contributed by atoms with van der Waals surface area (Å²) in [6, 6.07) is 12.1. The first-order chi connectivity index (χ1) is 14.8. The van der Waals surface area contributed by atoms with Crippen LogP contribution < -0.4 is 5.32 Å². The number of aromatic nitrogens is 2. The van der Waals surface area contributed by atoms with Crippen LogP contribution in [0.1, 0.15) is 32.0 Å². The molecular weight excluding hydrogens is 424 g/mol. The molecule has 3 aromatic carbocycles. The van der Waals surface area contributed by atoms with Gasteiger partial charge in [0.1, 0.15) is 5.82 Å². The lowest BCUT2D eigenvalue weighted by atomic mass is 10.0. The predicted octanol–water partition coefficient (Wildman–Crippen LogP) is 5.35. The molecule has 5 nitrogen and oxygen atoms in total. The molecule has 1 N–H and O–H groups in total. The number of halogens is 3. The fourth-order valence-corrected chi connectivity index (χ4v) is 3.30. The average molecular weight is 438 g/mol. The van der Waals surface area contributed by atoms with Crippen molar-refractivity contribution in [1.82, 2.24) is 9.97 Å². The van der Waals surface area contributed by atoms with E-state index in [0.29, 0.717) is 16.7 Å². The molecule has 4 aromatic rings. The number of hydrogen-bond donors (Lipinski definition) is 1. The largest absolute Gasteiger partial charge is 0.319 e. The number of anilines is 1. The summed E-state index contributed by atoms with van der Waals surface area (Å²) in [7, 11) is 0. The van der Waals surface area contributed by atoms with Gasteiger partial charge in [0.2, 0.25) is 0 Å². The Morgan fingerprint density at radius 3 is 2.55 bits per heavy atom. The molecule has 0 atom stereocenters. The maximum Gasteiger partial charge on any atom is 0.255 e. The Morgan fingerprint density at radius 2 is 1.77 bits per heavy atom. The number of hydrogen-bond acceptors (Lipinski definition) is 4. The Kier molecular flexibility index (Phi) is 5.44. The average Bonchev–Trinajstić information content (AvgIpc) is 2.75. The van der Waals surface area contributed by atoms with Gasteiger partial charge in [0.05, 0.1) is 33.0 Å². The van der Waals surface area contributed by atoms with Crippen molar-refractivity contribution in [3.8, 4) is 0 Å². The molecule has 0 unspecified atom stereocenters. The van der Waals surface area contributed by atoms with Gasteiger partial charge in [-0.05, 0) is 55.5 Å². The summed E-state index contributed by atoms with van der Waals surface area (Å²) in [6.07, 6.45) is 1.60. The van der Waals surface area contributed by atoms with Gasteiger partial charge < -0.3 is 5.32 Å². The van der Waals surface area contributed by atoms with E-state index < -0.39 is 28.9 Å². The molecule has 0 aliphatic rings. The van der Waals surface area contributed by atoms with E-state index >= 15 is 4.39 Å². The Bertz CT molecular complexity index is 1360. The molecule has 0 aliphatic carbocycles. The van der Waals surface area contributed by atoms with Gasteiger partial charge in [-0.25, -0.2) is 13.8 Å². The summed E-state index contributed by atoms with van der Waals surface area (Å²) in [5.41, 5.74) is 1.27. The van der Waals surface area contributed by atoms with Crippen LogP contribution in [0.25, 0.3) is 11.0 Å². The smallest absolute Gasteiger partial charge is 0.255 e. The second-order valence-corrected chi connectivity index (χ2v) is 7.20. The highest BCUT2D eigenvalue weighted by Gasteiger charge is 2.22. The minimum absolute atomic E-state index is 0.00528. The number of rotatable bonds is 4. The topological polar surface area (TPSA) is 72.0 Å². The Hall–Kier alpha value is -3.71. The molecule has 0 spiro atoms. The molecule has 0 fully saturated rings. The summed E-state index contributed by atoms with van der Waals surface area (Å²) in [5.74, 6) is -2.99. The third-order valence-electron chi connectivity index (χ3n) is 4.58. The zero-order valence-electron chi connectivity index (χ0n) is 16.1. The first kappa shape index (κ1) is 20.6. The first-order valence-electron chi connectivity index (χ1n) is 9.16. The zero-order valence-corrected chi connectivity index (χ0v) is 16.9. The second-order valence-electron chi connectivity index (χ2n) is 6.79. The van der Waals surface area contributed by atoms with Gasteiger partial charge in [-0.2, -0.15) is 0 Å². The molecule has 1 heterocycles. The van der Waals surface area contributed by atoms with Crippen LogP contribution in [-0.2, 0) is 0 Å². The highest BCUT2D eigenvalue weighted by molar-refractivity contribution is 6.35. The molecule has 154 valence electrons. The van der Waals surface area contributed by atoms with Crippen molar-refractivity contribution < 1.29 is 18.4 Å². The number of ketones is 1. The van der Waals surface area contributed by atoms with Crippen molar-refractivity contribution in [3.05, 3.63) is 99.8 Å². The number of nitrogens with one attached hydrogen (secondary N) is 1. The van der Waals surface area contributed by atoms with Crippen LogP contribution in [0, 0.1) is 18.6 Å². The maximum absolute atomic E-state index is 15.2. The highest BCUT2D eigenvalue weighted by atomic mass is 35.5. The van der Waals surface area contributed by atoms with Crippen molar-refractivity contribution in [2.75, 3.05) is 5.32 Å². The molecule has 0 bridgehead atoms. The van der Waals surface area contributed by atoms with E-state index in [-0.39, 0.29) is 21.8 Å². The maximum atomic E-state index is 15.2. The van der Waals surface area contributed by atoms with E-state index in [1.807, 2.05) is 0 Å². The minimum Gasteiger partial charge on any atom is -0.319 e. The summed E-state index contributed by atoms with van der Waals surface area (Å²) in [5, 5.41) is 2.24. The van der Waals surface area contributed by atoms with Crippen LogP contribution in [0.4, 0.5) is 14.5 Å². The van der Waals surface area contributed by atoms with Gasteiger partial charge in [-0.3, -0.25) is 14.6 Å². The quantitative estimate of drug-likeness (QED) is 0.437. The van der Waals surface area contributed by atoms with Gasteiger partial charge in [0.15, 0.2) is 11.6 Å². The minimum atomic E-state index is -0.988. The number of aryl methyl sites for hydroxylation is 1. The van der Waals surface area contributed by atoms with E-state index in [1.165, 1.54) is 42.5 Å². The molecule has 0 saturated heterocycles. The van der Waals surface area contributed by atoms with Crippen LogP contribution >= 0.6 is 11.6 Å². The van der Waals surface area contributed by atoms with Crippen LogP contribution in [0.3, 0.4) is 0 Å². The van der Waals surface area contributed by atoms with E-state index in [4.69, 9.17) is 11.6 Å². The van der Waals surface area contributed by atoms with Crippen LogP contribution in [0.2, 0.25) is 5.02 Å². The van der Waals surface area contributed by atoms with Gasteiger partial charge >= 0.3 is 0 Å². The van der Waals surface area contributed by atoms with Crippen LogP contribution in [0.15, 0.2) is 60.8 Å². The number of amides is 1. The SMILES string of the molecule is Cc1cnc2ccc(C(=O)c3c(Cl)ccc(NC(=O)c4cccc(F)c4)c3F)cc2n1. The summed E-state index contributed by atoms with van der Waals surface area (Å²) in [4.78, 5) is 33.9. The zero-order chi connectivity index (χ0) is 22.1. The molecule has 0 aliphatic heterocycles. The molecular formula is C23H14ClF2N3O2. The molecule has 1 aromatic heterocycles. The molecule has 0 radical (unpaired) electrons. The van der Waals surface area contributed by atoms with Crippen molar-refractivity contribution >= 4 is 40.0 Å². The number of nitrogens with zero attached hydrogens (tertiary/aromatic N) is 2. The Morgan fingerprint density at radius 1 is 0.968 bits per heavy atom. The van der Waals surface area contributed by atoms with Crippen LogP contribution in [0.5, 0.6) is 0 Å². The van der Waals surface area contributed by atoms with Gasteiger partial charge in [-0.1, -0.05) is 17.7 Å². The van der Waals surface area contributed by atoms with E-state index in [1.54, 1.807) is 19.2 Å². The normalized spacial score (nSPS) is 10.8. The Labute approximate surface area is 180 Å². The molecule has 1 amide bonds. The summed E-state index contributed by atoms with van der Waals surface area (Å²) < 4.78 is 28.5. The lowest BCUT2D eigenvalue weighted by Gasteiger charge is -2.12. The fourth-order valence-electron chi connectivity index (χ4n) is 3.07. The number of carbonyl (C=O) groups excluding carboxylic acids is 2. The first-order valence-corrected chi connectivity index (χ1v) is 9.54. The standard InChI is InChI=1S/C23H14ClF2N3O2/c1-12-11-27-17-7-5-13(10-19(17)28-12)22(30)20-16(24)6-8-18(21(20)26)29-23(31)14-3-2-4-15(25)9-14/h2-11H,1H3,(H,29,31). The van der Waals surface area contributed by atoms with E-state index in [0.717, 1.165) is 6.07 Å². The van der Waals surface area contributed by atoms with Gasteiger partial charge in [0.25, 0.3) is 5.91 Å².